The summed E-state index contributed by atoms with van der Waals surface area (Å²) in [6, 6.07) is 20.6. The number of aromatic nitrogens is 4. The molecule has 4 aromatic rings. The molecule has 2 amide bonds. The van der Waals surface area contributed by atoms with Crippen LogP contribution in [0.4, 0.5) is 10.5 Å². The van der Waals surface area contributed by atoms with Crippen molar-refractivity contribution in [1.29, 1.82) is 0 Å². The maximum atomic E-state index is 13.4. The van der Waals surface area contributed by atoms with Gasteiger partial charge in [-0.05, 0) is 65.4 Å². The van der Waals surface area contributed by atoms with Crippen LogP contribution in [0.15, 0.2) is 60.7 Å². The van der Waals surface area contributed by atoms with Crippen molar-refractivity contribution in [3.8, 4) is 22.5 Å². The highest BCUT2D eigenvalue weighted by Gasteiger charge is 2.17. The molecule has 0 saturated heterocycles. The van der Waals surface area contributed by atoms with Gasteiger partial charge in [-0.1, -0.05) is 86.0 Å². The average Bonchev–Trinajstić information content (AvgIpc) is 3.41. The molecule has 186 valence electrons. The maximum Gasteiger partial charge on any atom is 0.322 e. The number of H-pyrrole nitrogens is 1. The summed E-state index contributed by atoms with van der Waals surface area (Å²) >= 11 is 0. The molecule has 0 atom stereocenters. The van der Waals surface area contributed by atoms with Gasteiger partial charge in [0.15, 0.2) is 5.82 Å². The Morgan fingerprint density at radius 1 is 0.944 bits per heavy atom. The standard InChI is InChI=1S/C29H34N6O/c1-5-6-9-16-35(29(36)30-27-21(3)17-20(2)18-22(27)4)19-23-12-14-24(15-13-23)25-10-7-8-11-26(25)28-31-33-34-32-28/h7-8,10-15,17-18H,5-6,9,16,19H2,1-4H3,(H,30,36)(H,31,32,33,34). The van der Waals surface area contributed by atoms with Gasteiger partial charge in [0.25, 0.3) is 0 Å². The molecule has 7 nitrogen and oxygen atoms in total. The second-order valence-electron chi connectivity index (χ2n) is 9.32. The van der Waals surface area contributed by atoms with Gasteiger partial charge < -0.3 is 10.2 Å². The van der Waals surface area contributed by atoms with Gasteiger partial charge in [0.1, 0.15) is 0 Å². The molecule has 36 heavy (non-hydrogen) atoms. The number of urea groups is 1. The van der Waals surface area contributed by atoms with Crippen LogP contribution in [0.2, 0.25) is 0 Å². The molecular formula is C29H34N6O. The smallest absolute Gasteiger partial charge is 0.320 e. The van der Waals surface area contributed by atoms with E-state index in [0.717, 1.165) is 58.3 Å². The zero-order valence-corrected chi connectivity index (χ0v) is 21.5. The molecule has 0 bridgehead atoms. The first-order valence-corrected chi connectivity index (χ1v) is 12.5. The van der Waals surface area contributed by atoms with Crippen molar-refractivity contribution in [2.24, 2.45) is 0 Å². The highest BCUT2D eigenvalue weighted by Crippen LogP contribution is 2.30. The molecule has 7 heteroatoms. The Hall–Kier alpha value is -4.00. The average molecular weight is 483 g/mol. The second-order valence-corrected chi connectivity index (χ2v) is 9.32. The third-order valence-electron chi connectivity index (χ3n) is 6.39. The van der Waals surface area contributed by atoms with Crippen LogP contribution in [-0.2, 0) is 6.54 Å². The summed E-state index contributed by atoms with van der Waals surface area (Å²) in [6.07, 6.45) is 3.19. The molecule has 3 aromatic carbocycles. The highest BCUT2D eigenvalue weighted by molar-refractivity contribution is 5.91. The third kappa shape index (κ3) is 5.97. The fourth-order valence-electron chi connectivity index (χ4n) is 4.59. The number of amides is 2. The van der Waals surface area contributed by atoms with Gasteiger partial charge in [0.2, 0.25) is 0 Å². The molecule has 0 spiro atoms. The number of aryl methyl sites for hydroxylation is 3. The van der Waals surface area contributed by atoms with Crippen LogP contribution in [-0.4, -0.2) is 38.1 Å². The number of hydrogen-bond donors (Lipinski definition) is 2. The second kappa shape index (κ2) is 11.6. The molecule has 1 aromatic heterocycles. The number of tetrazole rings is 1. The Morgan fingerprint density at radius 3 is 2.28 bits per heavy atom. The number of anilines is 1. The number of carbonyl (C=O) groups excluding carboxylic acids is 1. The van der Waals surface area contributed by atoms with E-state index in [0.29, 0.717) is 18.9 Å². The van der Waals surface area contributed by atoms with Gasteiger partial charge in [-0.25, -0.2) is 9.89 Å². The molecule has 0 aliphatic carbocycles. The predicted molar refractivity (Wildman–Crippen MR) is 145 cm³/mol. The molecule has 0 fully saturated rings. The summed E-state index contributed by atoms with van der Waals surface area (Å²) in [4.78, 5) is 15.3. The first-order chi connectivity index (χ1) is 17.5. The van der Waals surface area contributed by atoms with E-state index in [-0.39, 0.29) is 6.03 Å². The van der Waals surface area contributed by atoms with Crippen LogP contribution in [0.3, 0.4) is 0 Å². The van der Waals surface area contributed by atoms with Gasteiger partial charge in [-0.15, -0.1) is 5.10 Å². The molecule has 0 radical (unpaired) electrons. The predicted octanol–water partition coefficient (Wildman–Crippen LogP) is 6.68. The van der Waals surface area contributed by atoms with Crippen molar-refractivity contribution >= 4 is 11.7 Å². The van der Waals surface area contributed by atoms with Gasteiger partial charge in [0.05, 0.1) is 0 Å². The quantitative estimate of drug-likeness (QED) is 0.260. The van der Waals surface area contributed by atoms with Crippen molar-refractivity contribution in [3.05, 3.63) is 82.9 Å². The number of benzene rings is 3. The first-order valence-electron chi connectivity index (χ1n) is 12.5. The zero-order valence-electron chi connectivity index (χ0n) is 21.5. The minimum Gasteiger partial charge on any atom is -0.320 e. The lowest BCUT2D eigenvalue weighted by molar-refractivity contribution is 0.208. The minimum absolute atomic E-state index is 0.0617. The fourth-order valence-corrected chi connectivity index (χ4v) is 4.59. The fraction of sp³-hybridized carbons (Fsp3) is 0.310. The van der Waals surface area contributed by atoms with Crippen molar-refractivity contribution < 1.29 is 4.79 Å². The van der Waals surface area contributed by atoms with Crippen LogP contribution in [0.1, 0.15) is 48.4 Å². The Kier molecular flexibility index (Phi) is 8.10. The lowest BCUT2D eigenvalue weighted by atomic mass is 9.98. The molecular weight excluding hydrogens is 448 g/mol. The summed E-state index contributed by atoms with van der Waals surface area (Å²) in [5, 5.41) is 17.5. The third-order valence-corrected chi connectivity index (χ3v) is 6.39. The van der Waals surface area contributed by atoms with Crippen molar-refractivity contribution in [2.45, 2.75) is 53.5 Å². The Labute approximate surface area is 212 Å². The van der Waals surface area contributed by atoms with Crippen LogP contribution in [0, 0.1) is 20.8 Å². The van der Waals surface area contributed by atoms with E-state index in [9.17, 15) is 4.79 Å². The van der Waals surface area contributed by atoms with E-state index in [1.165, 1.54) is 5.56 Å². The molecule has 1 heterocycles. The number of nitrogens with one attached hydrogen (secondary N) is 2. The summed E-state index contributed by atoms with van der Waals surface area (Å²) in [6.45, 7) is 9.60. The number of carbonyl (C=O) groups is 1. The molecule has 4 rings (SSSR count). The van der Waals surface area contributed by atoms with E-state index in [2.05, 4.69) is 82.3 Å². The van der Waals surface area contributed by atoms with E-state index in [1.54, 1.807) is 0 Å². The van der Waals surface area contributed by atoms with E-state index in [4.69, 9.17) is 0 Å². The number of hydrogen-bond acceptors (Lipinski definition) is 4. The van der Waals surface area contributed by atoms with E-state index < -0.39 is 0 Å². The van der Waals surface area contributed by atoms with Crippen molar-refractivity contribution in [1.82, 2.24) is 25.5 Å². The van der Waals surface area contributed by atoms with E-state index >= 15 is 0 Å². The van der Waals surface area contributed by atoms with Crippen molar-refractivity contribution in [2.75, 3.05) is 11.9 Å². The number of unbranched alkanes of at least 4 members (excludes halogenated alkanes) is 2. The first kappa shape index (κ1) is 25.1. The SMILES string of the molecule is CCCCCN(Cc1ccc(-c2ccccc2-c2nnn[nH]2)cc1)C(=O)Nc1c(C)cc(C)cc1C. The Bertz CT molecular complexity index is 1270. The summed E-state index contributed by atoms with van der Waals surface area (Å²) in [5.74, 6) is 0.634. The van der Waals surface area contributed by atoms with Crippen LogP contribution in [0.5, 0.6) is 0 Å². The van der Waals surface area contributed by atoms with Crippen LogP contribution in [0.25, 0.3) is 22.5 Å². The molecule has 0 aliphatic rings. The van der Waals surface area contributed by atoms with Crippen molar-refractivity contribution in [3.63, 3.8) is 0 Å². The van der Waals surface area contributed by atoms with Crippen LogP contribution < -0.4 is 5.32 Å². The van der Waals surface area contributed by atoms with Gasteiger partial charge >= 0.3 is 6.03 Å². The lowest BCUT2D eigenvalue weighted by Crippen LogP contribution is -2.35. The van der Waals surface area contributed by atoms with E-state index in [1.807, 2.05) is 36.9 Å². The molecule has 0 saturated carbocycles. The van der Waals surface area contributed by atoms with Crippen LogP contribution >= 0.6 is 0 Å². The number of rotatable bonds is 9. The highest BCUT2D eigenvalue weighted by atomic mass is 16.2. The van der Waals surface area contributed by atoms with Gasteiger partial charge in [-0.3, -0.25) is 0 Å². The van der Waals surface area contributed by atoms with Gasteiger partial charge in [0, 0.05) is 24.3 Å². The topological polar surface area (TPSA) is 86.8 Å². The van der Waals surface area contributed by atoms with Gasteiger partial charge in [-0.2, -0.15) is 0 Å². The molecule has 2 N–H and O–H groups in total. The lowest BCUT2D eigenvalue weighted by Gasteiger charge is -2.25. The maximum absolute atomic E-state index is 13.4. The number of nitrogens with zero attached hydrogens (tertiary/aromatic N) is 4. The summed E-state index contributed by atoms with van der Waals surface area (Å²) in [5.41, 5.74) is 8.41. The monoisotopic (exact) mass is 482 g/mol. The Balaban J connectivity index is 1.53. The normalized spacial score (nSPS) is 10.9. The molecule has 0 aliphatic heterocycles. The summed E-state index contributed by atoms with van der Waals surface area (Å²) < 4.78 is 0. The number of aromatic amines is 1. The zero-order chi connectivity index (χ0) is 25.5. The largest absolute Gasteiger partial charge is 0.322 e. The minimum atomic E-state index is -0.0617. The summed E-state index contributed by atoms with van der Waals surface area (Å²) in [7, 11) is 0. The molecule has 0 unspecified atom stereocenters. The Morgan fingerprint density at radius 2 is 1.64 bits per heavy atom.